The van der Waals surface area contributed by atoms with E-state index in [9.17, 15) is 4.79 Å². The topological polar surface area (TPSA) is 54.5 Å². The highest BCUT2D eigenvalue weighted by Gasteiger charge is 2.28. The molecule has 3 aromatic rings. The van der Waals surface area contributed by atoms with Gasteiger partial charge in [0.2, 0.25) is 5.91 Å². The third kappa shape index (κ3) is 4.44. The smallest absolute Gasteiger partial charge is 0.230 e. The number of thiazole rings is 1. The molecule has 0 atom stereocenters. The average Bonchev–Trinajstić information content (AvgIpc) is 3.39. The van der Waals surface area contributed by atoms with Gasteiger partial charge in [-0.15, -0.1) is 11.3 Å². The van der Waals surface area contributed by atoms with Gasteiger partial charge in [-0.3, -0.25) is 4.79 Å². The predicted molar refractivity (Wildman–Crippen MR) is 126 cm³/mol. The van der Waals surface area contributed by atoms with Crippen LogP contribution in [0.2, 0.25) is 0 Å². The first-order chi connectivity index (χ1) is 15.1. The molecule has 1 amide bonds. The Morgan fingerprint density at radius 1 is 1.23 bits per heavy atom. The van der Waals surface area contributed by atoms with Gasteiger partial charge in [-0.05, 0) is 67.5 Å². The molecule has 0 radical (unpaired) electrons. The van der Waals surface area contributed by atoms with E-state index in [-0.39, 0.29) is 5.91 Å². The highest BCUT2D eigenvalue weighted by atomic mass is 32.1. The summed E-state index contributed by atoms with van der Waals surface area (Å²) >= 11 is 1.53. The fraction of sp³-hybridized carbons (Fsp3) is 0.360. The van der Waals surface area contributed by atoms with Crippen molar-refractivity contribution < 1.29 is 9.53 Å². The number of aryl methyl sites for hydroxylation is 1. The van der Waals surface area contributed by atoms with Gasteiger partial charge in [-0.2, -0.15) is 0 Å². The first-order valence-electron chi connectivity index (χ1n) is 10.9. The van der Waals surface area contributed by atoms with Crippen LogP contribution < -0.4 is 15.0 Å². The Balaban J connectivity index is 1.27. The second-order valence-corrected chi connectivity index (χ2v) is 9.68. The minimum Gasteiger partial charge on any atom is -0.497 e. The summed E-state index contributed by atoms with van der Waals surface area (Å²) in [6, 6.07) is 14.3. The first kappa shape index (κ1) is 20.1. The van der Waals surface area contributed by atoms with E-state index in [0.29, 0.717) is 11.6 Å². The number of nitrogens with one attached hydrogen (secondary N) is 1. The third-order valence-electron chi connectivity index (χ3n) is 6.09. The zero-order valence-corrected chi connectivity index (χ0v) is 18.8. The number of rotatable bonds is 7. The SMILES string of the molecule is COc1ccc(CC(=O)Nc2nc(-c3ccc4c(c3)CCN4CC3CC3)c(C)s2)cc1. The maximum atomic E-state index is 12.5. The summed E-state index contributed by atoms with van der Waals surface area (Å²) in [5.74, 6) is 1.62. The lowest BCUT2D eigenvalue weighted by Crippen LogP contribution is -2.22. The average molecular weight is 434 g/mol. The molecule has 1 fully saturated rings. The van der Waals surface area contributed by atoms with Gasteiger partial charge in [-0.1, -0.05) is 18.2 Å². The van der Waals surface area contributed by atoms with Crippen LogP contribution in [0.1, 0.15) is 28.8 Å². The second kappa shape index (κ2) is 8.35. The number of anilines is 2. The Bertz CT molecular complexity index is 1100. The number of hydrogen-bond acceptors (Lipinski definition) is 5. The highest BCUT2D eigenvalue weighted by Crippen LogP contribution is 2.38. The van der Waals surface area contributed by atoms with Crippen LogP contribution in [0.3, 0.4) is 0 Å². The van der Waals surface area contributed by atoms with E-state index in [2.05, 4.69) is 35.3 Å². The largest absolute Gasteiger partial charge is 0.497 e. The van der Waals surface area contributed by atoms with Crippen LogP contribution in [0.5, 0.6) is 5.75 Å². The monoisotopic (exact) mass is 433 g/mol. The number of benzene rings is 2. The van der Waals surface area contributed by atoms with E-state index in [0.717, 1.165) is 46.3 Å². The normalized spacial score (nSPS) is 15.1. The molecule has 1 saturated carbocycles. The Labute approximate surface area is 187 Å². The number of carbonyl (C=O) groups is 1. The Morgan fingerprint density at radius 3 is 2.77 bits per heavy atom. The van der Waals surface area contributed by atoms with Crippen molar-refractivity contribution in [1.29, 1.82) is 0 Å². The third-order valence-corrected chi connectivity index (χ3v) is 6.97. The summed E-state index contributed by atoms with van der Waals surface area (Å²) in [6.45, 7) is 4.39. The van der Waals surface area contributed by atoms with E-state index in [1.165, 1.54) is 42.0 Å². The summed E-state index contributed by atoms with van der Waals surface area (Å²) in [4.78, 5) is 20.9. The van der Waals surface area contributed by atoms with Crippen LogP contribution in [0, 0.1) is 12.8 Å². The molecule has 0 unspecified atom stereocenters. The van der Waals surface area contributed by atoms with Gasteiger partial charge < -0.3 is 15.0 Å². The van der Waals surface area contributed by atoms with Gasteiger partial charge >= 0.3 is 0 Å². The second-order valence-electron chi connectivity index (χ2n) is 8.48. The van der Waals surface area contributed by atoms with Crippen molar-refractivity contribution in [3.05, 3.63) is 58.5 Å². The zero-order chi connectivity index (χ0) is 21.4. The van der Waals surface area contributed by atoms with Crippen LogP contribution in [-0.4, -0.2) is 31.1 Å². The quantitative estimate of drug-likeness (QED) is 0.564. The summed E-state index contributed by atoms with van der Waals surface area (Å²) < 4.78 is 5.17. The molecule has 1 aromatic heterocycles. The molecule has 31 heavy (non-hydrogen) atoms. The standard InChI is InChI=1S/C25H27N3O2S/c1-16-24(20-7-10-22-19(14-20)11-12-28(22)15-18-3-4-18)27-25(31-16)26-23(29)13-17-5-8-21(30-2)9-6-17/h5-10,14,18H,3-4,11-13,15H2,1-2H3,(H,26,27,29). The molecule has 6 heteroatoms. The molecule has 2 heterocycles. The van der Waals surface area contributed by atoms with Crippen molar-refractivity contribution in [3.63, 3.8) is 0 Å². The van der Waals surface area contributed by atoms with Gasteiger partial charge in [0.15, 0.2) is 5.13 Å². The van der Waals surface area contributed by atoms with Gasteiger partial charge in [0.25, 0.3) is 0 Å². The Hall–Kier alpha value is -2.86. The van der Waals surface area contributed by atoms with Crippen molar-refractivity contribution in [2.45, 2.75) is 32.6 Å². The number of aromatic nitrogens is 1. The highest BCUT2D eigenvalue weighted by molar-refractivity contribution is 7.16. The molecule has 2 aromatic carbocycles. The number of methoxy groups -OCH3 is 1. The number of fused-ring (bicyclic) bond motifs is 1. The minimum atomic E-state index is -0.0601. The molecule has 5 rings (SSSR count). The van der Waals surface area contributed by atoms with Gasteiger partial charge in [-0.25, -0.2) is 4.98 Å². The molecule has 0 bridgehead atoms. The van der Waals surface area contributed by atoms with E-state index < -0.39 is 0 Å². The van der Waals surface area contributed by atoms with E-state index in [1.54, 1.807) is 7.11 Å². The maximum Gasteiger partial charge on any atom is 0.230 e. The van der Waals surface area contributed by atoms with E-state index in [1.807, 2.05) is 24.3 Å². The minimum absolute atomic E-state index is 0.0601. The summed E-state index contributed by atoms with van der Waals surface area (Å²) in [5.41, 5.74) is 5.85. The molecule has 160 valence electrons. The predicted octanol–water partition coefficient (Wildman–Crippen LogP) is 5.08. The molecule has 0 spiro atoms. The summed E-state index contributed by atoms with van der Waals surface area (Å²) in [5, 5.41) is 3.62. The lowest BCUT2D eigenvalue weighted by molar-refractivity contribution is -0.115. The molecule has 1 N–H and O–H groups in total. The number of ether oxygens (including phenoxy) is 1. The van der Waals surface area contributed by atoms with Crippen LogP contribution in [0.25, 0.3) is 11.3 Å². The van der Waals surface area contributed by atoms with Crippen LogP contribution in [0.15, 0.2) is 42.5 Å². The number of hydrogen-bond donors (Lipinski definition) is 1. The van der Waals surface area contributed by atoms with E-state index in [4.69, 9.17) is 9.72 Å². The number of carbonyl (C=O) groups excluding carboxylic acids is 1. The first-order valence-corrected chi connectivity index (χ1v) is 11.7. The summed E-state index contributed by atoms with van der Waals surface area (Å²) in [6.07, 6.45) is 4.18. The Morgan fingerprint density at radius 2 is 2.03 bits per heavy atom. The van der Waals surface area contributed by atoms with Crippen molar-refractivity contribution in [2.75, 3.05) is 30.4 Å². The number of nitrogens with zero attached hydrogens (tertiary/aromatic N) is 2. The van der Waals surface area contributed by atoms with Gasteiger partial charge in [0, 0.05) is 29.2 Å². The lowest BCUT2D eigenvalue weighted by atomic mass is 10.1. The maximum absolute atomic E-state index is 12.5. The van der Waals surface area contributed by atoms with E-state index >= 15 is 0 Å². The summed E-state index contributed by atoms with van der Waals surface area (Å²) in [7, 11) is 1.63. The fourth-order valence-electron chi connectivity index (χ4n) is 4.23. The lowest BCUT2D eigenvalue weighted by Gasteiger charge is -2.19. The molecular weight excluding hydrogens is 406 g/mol. The molecule has 1 aliphatic carbocycles. The molecular formula is C25H27N3O2S. The van der Waals surface area contributed by atoms with Crippen LogP contribution in [-0.2, 0) is 17.6 Å². The zero-order valence-electron chi connectivity index (χ0n) is 18.0. The van der Waals surface area contributed by atoms with Crippen molar-refractivity contribution >= 4 is 28.1 Å². The molecule has 0 saturated heterocycles. The molecule has 5 nitrogen and oxygen atoms in total. The van der Waals surface area contributed by atoms with Crippen LogP contribution in [0.4, 0.5) is 10.8 Å². The van der Waals surface area contributed by atoms with Crippen LogP contribution >= 0.6 is 11.3 Å². The van der Waals surface area contributed by atoms with Crippen molar-refractivity contribution in [1.82, 2.24) is 4.98 Å². The van der Waals surface area contributed by atoms with Crippen molar-refractivity contribution in [3.8, 4) is 17.0 Å². The number of amides is 1. The molecule has 2 aliphatic rings. The van der Waals surface area contributed by atoms with Gasteiger partial charge in [0.05, 0.1) is 19.2 Å². The Kier molecular flexibility index (Phi) is 5.40. The van der Waals surface area contributed by atoms with Gasteiger partial charge in [0.1, 0.15) is 5.75 Å². The van der Waals surface area contributed by atoms with Crippen molar-refractivity contribution in [2.24, 2.45) is 5.92 Å². The fourth-order valence-corrected chi connectivity index (χ4v) is 5.08. The molecule has 1 aliphatic heterocycles.